The van der Waals surface area contributed by atoms with E-state index in [1.165, 1.54) is 0 Å². The number of nitrogens with two attached hydrogens (primary N) is 1. The Morgan fingerprint density at radius 3 is 2.60 bits per heavy atom. The fourth-order valence-electron chi connectivity index (χ4n) is 1.42. The van der Waals surface area contributed by atoms with Crippen molar-refractivity contribution in [1.82, 2.24) is 5.32 Å². The fourth-order valence-corrected chi connectivity index (χ4v) is 1.55. The molecule has 0 bridgehead atoms. The Labute approximate surface area is 124 Å². The van der Waals surface area contributed by atoms with Crippen molar-refractivity contribution >= 4 is 17.5 Å². The highest BCUT2D eigenvalue weighted by atomic mass is 35.5. The molecule has 0 spiro atoms. The molecule has 1 rings (SSSR count). The first-order valence-electron chi connectivity index (χ1n) is 6.38. The molecular weight excluding hydrogens is 280 g/mol. The van der Waals surface area contributed by atoms with Crippen LogP contribution in [0.4, 0.5) is 0 Å². The van der Waals surface area contributed by atoms with Crippen LogP contribution in [0.25, 0.3) is 0 Å². The zero-order chi connectivity index (χ0) is 15.2. The molecule has 0 aromatic heterocycles. The minimum Gasteiger partial charge on any atom is -0.491 e. The molecule has 0 radical (unpaired) electrons. The van der Waals surface area contributed by atoms with E-state index in [2.05, 4.69) is 5.32 Å². The molecular formula is C14H21ClN2O3. The van der Waals surface area contributed by atoms with E-state index in [1.54, 1.807) is 38.1 Å². The lowest BCUT2D eigenvalue weighted by atomic mass is 9.93. The summed E-state index contributed by atoms with van der Waals surface area (Å²) in [6.45, 7) is 4.38. The van der Waals surface area contributed by atoms with Crippen molar-refractivity contribution in [3.8, 4) is 5.75 Å². The summed E-state index contributed by atoms with van der Waals surface area (Å²) < 4.78 is 5.41. The first kappa shape index (κ1) is 16.8. The lowest BCUT2D eigenvalue weighted by Crippen LogP contribution is -2.43. The number of aliphatic hydroxyl groups excluding tert-OH is 1. The lowest BCUT2D eigenvalue weighted by molar-refractivity contribution is -0.125. The maximum atomic E-state index is 11.1. The Bertz CT molecular complexity index is 435. The Kier molecular flexibility index (Phi) is 6.26. The van der Waals surface area contributed by atoms with Crippen LogP contribution in [0, 0.1) is 5.41 Å². The zero-order valence-corrected chi connectivity index (χ0v) is 12.5. The number of amides is 1. The number of carbonyl (C=O) groups excluding carboxylic acids is 1. The minimum atomic E-state index is -0.672. The molecule has 20 heavy (non-hydrogen) atoms. The number of primary amides is 1. The fraction of sp³-hybridized carbons (Fsp3) is 0.500. The van der Waals surface area contributed by atoms with Gasteiger partial charge in [0.1, 0.15) is 18.5 Å². The third kappa shape index (κ3) is 5.77. The van der Waals surface area contributed by atoms with Crippen LogP contribution in [0.3, 0.4) is 0 Å². The number of nitrogens with one attached hydrogen (secondary N) is 1. The van der Waals surface area contributed by atoms with E-state index in [0.29, 0.717) is 23.9 Å². The predicted molar refractivity (Wildman–Crippen MR) is 78.8 cm³/mol. The quantitative estimate of drug-likeness (QED) is 0.673. The smallest absolute Gasteiger partial charge is 0.224 e. The summed E-state index contributed by atoms with van der Waals surface area (Å²) >= 11 is 5.76. The molecule has 1 aromatic rings. The second kappa shape index (κ2) is 7.47. The predicted octanol–water partition coefficient (Wildman–Crippen LogP) is 1.18. The second-order valence-corrected chi connectivity index (χ2v) is 5.73. The van der Waals surface area contributed by atoms with Crippen LogP contribution in [0.5, 0.6) is 5.75 Å². The van der Waals surface area contributed by atoms with E-state index in [9.17, 15) is 9.90 Å². The Balaban J connectivity index is 2.25. The van der Waals surface area contributed by atoms with Gasteiger partial charge in [-0.15, -0.1) is 0 Å². The van der Waals surface area contributed by atoms with Crippen LogP contribution in [0.2, 0.25) is 5.02 Å². The molecule has 4 N–H and O–H groups in total. The average Bonchev–Trinajstić information content (AvgIpc) is 2.37. The summed E-state index contributed by atoms with van der Waals surface area (Å²) in [5, 5.41) is 13.4. The topological polar surface area (TPSA) is 84.6 Å². The molecule has 0 aliphatic carbocycles. The molecule has 1 atom stereocenters. The van der Waals surface area contributed by atoms with E-state index < -0.39 is 11.5 Å². The number of hydrogen-bond donors (Lipinski definition) is 3. The van der Waals surface area contributed by atoms with Crippen molar-refractivity contribution in [3.05, 3.63) is 29.3 Å². The molecule has 0 fully saturated rings. The van der Waals surface area contributed by atoms with Gasteiger partial charge in [-0.2, -0.15) is 0 Å². The molecule has 0 aliphatic heterocycles. The van der Waals surface area contributed by atoms with Gasteiger partial charge in [0, 0.05) is 18.1 Å². The highest BCUT2D eigenvalue weighted by molar-refractivity contribution is 6.30. The minimum absolute atomic E-state index is 0.158. The van der Waals surface area contributed by atoms with Crippen molar-refractivity contribution in [2.75, 3.05) is 19.7 Å². The van der Waals surface area contributed by atoms with Crippen molar-refractivity contribution in [2.24, 2.45) is 11.1 Å². The second-order valence-electron chi connectivity index (χ2n) is 5.30. The molecule has 6 heteroatoms. The highest BCUT2D eigenvalue weighted by Gasteiger charge is 2.24. The molecule has 1 amide bonds. The van der Waals surface area contributed by atoms with Crippen molar-refractivity contribution < 1.29 is 14.6 Å². The third-order valence-electron chi connectivity index (χ3n) is 2.87. The summed E-state index contributed by atoms with van der Waals surface area (Å²) in [5.74, 6) is 0.266. The van der Waals surface area contributed by atoms with Gasteiger partial charge in [0.2, 0.25) is 5.91 Å². The van der Waals surface area contributed by atoms with Gasteiger partial charge in [-0.1, -0.05) is 11.6 Å². The van der Waals surface area contributed by atoms with Gasteiger partial charge >= 0.3 is 0 Å². The highest BCUT2D eigenvalue weighted by Crippen LogP contribution is 2.15. The van der Waals surface area contributed by atoms with E-state index in [0.717, 1.165) is 0 Å². The van der Waals surface area contributed by atoms with Gasteiger partial charge < -0.3 is 20.9 Å². The van der Waals surface area contributed by atoms with Crippen molar-refractivity contribution in [1.29, 1.82) is 0 Å². The number of carbonyl (C=O) groups is 1. The summed E-state index contributed by atoms with van der Waals surface area (Å²) in [5.41, 5.74) is 4.61. The van der Waals surface area contributed by atoms with E-state index in [-0.39, 0.29) is 12.5 Å². The monoisotopic (exact) mass is 300 g/mol. The van der Waals surface area contributed by atoms with Crippen LogP contribution in [-0.4, -0.2) is 36.8 Å². The van der Waals surface area contributed by atoms with E-state index >= 15 is 0 Å². The Morgan fingerprint density at radius 1 is 1.45 bits per heavy atom. The van der Waals surface area contributed by atoms with Gasteiger partial charge in [-0.3, -0.25) is 4.79 Å². The molecule has 1 unspecified atom stereocenters. The first-order chi connectivity index (χ1) is 9.31. The summed E-state index contributed by atoms with van der Waals surface area (Å²) in [6, 6.07) is 6.91. The van der Waals surface area contributed by atoms with E-state index in [1.807, 2.05) is 0 Å². The average molecular weight is 301 g/mol. The van der Waals surface area contributed by atoms with Crippen LogP contribution >= 0.6 is 11.6 Å². The number of benzene rings is 1. The standard InChI is InChI=1S/C14H21ClN2O3/c1-14(2,13(16)19)9-17-7-11(18)8-20-12-5-3-10(15)4-6-12/h3-6,11,17-18H,7-9H2,1-2H3,(H2,16,19). The largest absolute Gasteiger partial charge is 0.491 e. The number of rotatable bonds is 8. The molecule has 5 nitrogen and oxygen atoms in total. The summed E-state index contributed by atoms with van der Waals surface area (Å²) in [7, 11) is 0. The van der Waals surface area contributed by atoms with Gasteiger partial charge in [0.15, 0.2) is 0 Å². The van der Waals surface area contributed by atoms with Crippen LogP contribution in [0.15, 0.2) is 24.3 Å². The molecule has 0 saturated carbocycles. The van der Waals surface area contributed by atoms with Crippen LogP contribution < -0.4 is 15.8 Å². The molecule has 1 aromatic carbocycles. The van der Waals surface area contributed by atoms with Crippen molar-refractivity contribution in [2.45, 2.75) is 20.0 Å². The normalized spacial score (nSPS) is 13.0. The molecule has 0 aliphatic rings. The zero-order valence-electron chi connectivity index (χ0n) is 11.7. The van der Waals surface area contributed by atoms with E-state index in [4.69, 9.17) is 22.1 Å². The van der Waals surface area contributed by atoms with Gasteiger partial charge in [-0.25, -0.2) is 0 Å². The van der Waals surface area contributed by atoms with Crippen LogP contribution in [0.1, 0.15) is 13.8 Å². The SMILES string of the molecule is CC(C)(CNCC(O)COc1ccc(Cl)cc1)C(N)=O. The maximum absolute atomic E-state index is 11.1. The van der Waals surface area contributed by atoms with Crippen LogP contribution in [-0.2, 0) is 4.79 Å². The molecule has 112 valence electrons. The first-order valence-corrected chi connectivity index (χ1v) is 6.76. The van der Waals surface area contributed by atoms with Gasteiger partial charge in [-0.05, 0) is 38.1 Å². The summed E-state index contributed by atoms with van der Waals surface area (Å²) in [6.07, 6.45) is -0.672. The Hall–Kier alpha value is -1.30. The number of hydrogen-bond acceptors (Lipinski definition) is 4. The number of halogens is 1. The molecule has 0 saturated heterocycles. The van der Waals surface area contributed by atoms with Gasteiger partial charge in [0.05, 0.1) is 5.41 Å². The third-order valence-corrected chi connectivity index (χ3v) is 3.12. The maximum Gasteiger partial charge on any atom is 0.224 e. The Morgan fingerprint density at radius 2 is 2.05 bits per heavy atom. The number of aliphatic hydroxyl groups is 1. The number of ether oxygens (including phenoxy) is 1. The summed E-state index contributed by atoms with van der Waals surface area (Å²) in [4.78, 5) is 11.1. The van der Waals surface area contributed by atoms with Crippen molar-refractivity contribution in [3.63, 3.8) is 0 Å². The van der Waals surface area contributed by atoms with Gasteiger partial charge in [0.25, 0.3) is 0 Å². The molecule has 0 heterocycles. The lowest BCUT2D eigenvalue weighted by Gasteiger charge is -2.22.